The van der Waals surface area contributed by atoms with E-state index in [1.54, 1.807) is 0 Å². The van der Waals surface area contributed by atoms with E-state index in [1.807, 2.05) is 11.1 Å². The van der Waals surface area contributed by atoms with Gasteiger partial charge >= 0.3 is 0 Å². The van der Waals surface area contributed by atoms with Crippen LogP contribution in [0.3, 0.4) is 0 Å². The first-order valence-corrected chi connectivity index (χ1v) is 14.3. The lowest BCUT2D eigenvalue weighted by atomic mass is 9.49. The zero-order chi connectivity index (χ0) is 23.3. The smallest absolute Gasteiger partial charge is 0.00474 e. The van der Waals surface area contributed by atoms with Gasteiger partial charge < -0.3 is 0 Å². The van der Waals surface area contributed by atoms with E-state index in [1.165, 1.54) is 70.6 Å². The lowest BCUT2D eigenvalue weighted by Crippen LogP contribution is -2.46. The molecule has 4 rings (SSSR count). The quantitative estimate of drug-likeness (QED) is 0.387. The van der Waals surface area contributed by atoms with Gasteiger partial charge in [-0.15, -0.1) is 0 Å². The third-order valence-corrected chi connectivity index (χ3v) is 10.8. The summed E-state index contributed by atoms with van der Waals surface area (Å²) in [5.74, 6) is 5.31. The molecule has 0 heterocycles. The molecule has 3 unspecified atom stereocenters. The van der Waals surface area contributed by atoms with E-state index in [2.05, 4.69) is 67.5 Å². The minimum atomic E-state index is 0.459. The molecule has 4 aliphatic rings. The van der Waals surface area contributed by atoms with Gasteiger partial charge in [0.25, 0.3) is 0 Å². The molecule has 4 aliphatic carbocycles. The number of fused-ring (bicyclic) bond motifs is 5. The van der Waals surface area contributed by atoms with Crippen LogP contribution in [0.2, 0.25) is 0 Å². The Morgan fingerprint density at radius 3 is 2.34 bits per heavy atom. The molecular formula is C32H54. The fourth-order valence-electron chi connectivity index (χ4n) is 9.14. The van der Waals surface area contributed by atoms with E-state index in [4.69, 9.17) is 0 Å². The van der Waals surface area contributed by atoms with Crippen molar-refractivity contribution in [2.24, 2.45) is 51.8 Å². The number of rotatable bonds is 6. The van der Waals surface area contributed by atoms with Crippen LogP contribution in [-0.4, -0.2) is 0 Å². The summed E-state index contributed by atoms with van der Waals surface area (Å²) in [5.41, 5.74) is 5.18. The summed E-state index contributed by atoms with van der Waals surface area (Å²) in [6.07, 6.45) is 21.1. The molecule has 0 bridgehead atoms. The molecule has 0 nitrogen and oxygen atoms in total. The highest BCUT2D eigenvalue weighted by molar-refractivity contribution is 5.38. The van der Waals surface area contributed by atoms with Crippen LogP contribution in [0.25, 0.3) is 0 Å². The maximum Gasteiger partial charge on any atom is -0.00474 e. The monoisotopic (exact) mass is 438 g/mol. The molecule has 0 radical (unpaired) electrons. The SMILES string of the molecule is CC(C)CCC[C@@H](C)[C@H]1CCC2C3=CC=C4CC(CC(C)(C)C)CC[C@]4(C)C3CC[C@@]21C. The van der Waals surface area contributed by atoms with E-state index >= 15 is 0 Å². The number of hydrogen-bond donors (Lipinski definition) is 0. The van der Waals surface area contributed by atoms with Crippen LogP contribution >= 0.6 is 0 Å². The molecule has 182 valence electrons. The second-order valence-corrected chi connectivity index (χ2v) is 14.8. The van der Waals surface area contributed by atoms with Gasteiger partial charge in [-0.3, -0.25) is 0 Å². The molecule has 0 aromatic rings. The van der Waals surface area contributed by atoms with Crippen molar-refractivity contribution in [2.75, 3.05) is 0 Å². The van der Waals surface area contributed by atoms with Crippen LogP contribution in [0.1, 0.15) is 126 Å². The lowest BCUT2D eigenvalue weighted by Gasteiger charge is -2.55. The second-order valence-electron chi connectivity index (χ2n) is 14.8. The summed E-state index contributed by atoms with van der Waals surface area (Å²) >= 11 is 0. The predicted octanol–water partition coefficient (Wildman–Crippen LogP) is 10.0. The maximum absolute atomic E-state index is 2.70. The van der Waals surface area contributed by atoms with E-state index in [0.717, 1.165) is 35.5 Å². The second kappa shape index (κ2) is 8.92. The summed E-state index contributed by atoms with van der Waals surface area (Å²) in [6.45, 7) is 20.0. The summed E-state index contributed by atoms with van der Waals surface area (Å²) in [4.78, 5) is 0. The first-order chi connectivity index (χ1) is 14.9. The molecule has 0 heteroatoms. The summed E-state index contributed by atoms with van der Waals surface area (Å²) in [6, 6.07) is 0. The molecular weight excluding hydrogens is 384 g/mol. The molecule has 0 aromatic heterocycles. The predicted molar refractivity (Wildman–Crippen MR) is 141 cm³/mol. The Bertz CT molecular complexity index is 730. The number of allylic oxidation sites excluding steroid dienone is 4. The minimum absolute atomic E-state index is 0.459. The first-order valence-electron chi connectivity index (χ1n) is 14.3. The van der Waals surface area contributed by atoms with Crippen molar-refractivity contribution in [3.05, 3.63) is 23.3 Å². The molecule has 3 saturated carbocycles. The van der Waals surface area contributed by atoms with Crippen LogP contribution in [0.4, 0.5) is 0 Å². The Kier molecular flexibility index (Phi) is 6.86. The lowest BCUT2D eigenvalue weighted by molar-refractivity contribution is 0.0422. The van der Waals surface area contributed by atoms with Crippen molar-refractivity contribution in [2.45, 2.75) is 126 Å². The molecule has 0 saturated heterocycles. The largest absolute Gasteiger partial charge is 0.0634 e. The van der Waals surface area contributed by atoms with E-state index in [9.17, 15) is 0 Å². The highest BCUT2D eigenvalue weighted by Crippen LogP contribution is 2.66. The average Bonchev–Trinajstić information content (AvgIpc) is 3.04. The Morgan fingerprint density at radius 1 is 0.906 bits per heavy atom. The van der Waals surface area contributed by atoms with Crippen LogP contribution in [-0.2, 0) is 0 Å². The molecule has 0 N–H and O–H groups in total. The molecule has 7 atom stereocenters. The minimum Gasteiger partial charge on any atom is -0.0634 e. The molecule has 0 aliphatic heterocycles. The fraction of sp³-hybridized carbons (Fsp3) is 0.875. The van der Waals surface area contributed by atoms with Crippen molar-refractivity contribution < 1.29 is 0 Å². The summed E-state index contributed by atoms with van der Waals surface area (Å²) < 4.78 is 0. The topological polar surface area (TPSA) is 0 Å². The van der Waals surface area contributed by atoms with Crippen molar-refractivity contribution in [1.29, 1.82) is 0 Å². The molecule has 0 aromatic carbocycles. The normalized spacial score (nSPS) is 40.3. The zero-order valence-corrected chi connectivity index (χ0v) is 22.9. The standard InChI is InChI=1S/C32H54/c1-22(2)10-9-11-23(3)27-14-15-28-26-13-12-25-20-24(21-30(4,5)6)16-18-31(25,7)29(26)17-19-32(27,28)8/h12-13,22-24,27-29H,9-11,14-21H2,1-8H3/t23-,24?,27-,28?,29?,31+,32-/m1/s1. The Labute approximate surface area is 201 Å². The summed E-state index contributed by atoms with van der Waals surface area (Å²) in [5, 5.41) is 0. The van der Waals surface area contributed by atoms with Crippen LogP contribution in [0.5, 0.6) is 0 Å². The highest BCUT2D eigenvalue weighted by atomic mass is 14.6. The summed E-state index contributed by atoms with van der Waals surface area (Å²) in [7, 11) is 0. The van der Waals surface area contributed by atoms with Crippen molar-refractivity contribution in [3.8, 4) is 0 Å². The molecule has 32 heavy (non-hydrogen) atoms. The third kappa shape index (κ3) is 4.55. The van der Waals surface area contributed by atoms with Gasteiger partial charge in [0.15, 0.2) is 0 Å². The van der Waals surface area contributed by atoms with Gasteiger partial charge in [-0.2, -0.15) is 0 Å². The van der Waals surface area contributed by atoms with Crippen molar-refractivity contribution in [3.63, 3.8) is 0 Å². The van der Waals surface area contributed by atoms with Gasteiger partial charge in [0.1, 0.15) is 0 Å². The molecule has 0 amide bonds. The first kappa shape index (κ1) is 24.6. The zero-order valence-electron chi connectivity index (χ0n) is 22.9. The van der Waals surface area contributed by atoms with E-state index < -0.39 is 0 Å². The molecule has 0 spiro atoms. The maximum atomic E-state index is 2.70. The highest BCUT2D eigenvalue weighted by Gasteiger charge is 2.56. The van der Waals surface area contributed by atoms with Crippen molar-refractivity contribution >= 4 is 0 Å². The van der Waals surface area contributed by atoms with E-state index in [-0.39, 0.29) is 0 Å². The van der Waals surface area contributed by atoms with Gasteiger partial charge in [-0.1, -0.05) is 98.0 Å². The van der Waals surface area contributed by atoms with Crippen LogP contribution in [0.15, 0.2) is 23.3 Å². The molecule has 3 fully saturated rings. The van der Waals surface area contributed by atoms with Gasteiger partial charge in [0.2, 0.25) is 0 Å². The van der Waals surface area contributed by atoms with Gasteiger partial charge in [0, 0.05) is 0 Å². The van der Waals surface area contributed by atoms with E-state index in [0.29, 0.717) is 16.2 Å². The van der Waals surface area contributed by atoms with Gasteiger partial charge in [-0.25, -0.2) is 0 Å². The number of hydrogen-bond acceptors (Lipinski definition) is 0. The Hall–Kier alpha value is -0.520. The van der Waals surface area contributed by atoms with Gasteiger partial charge in [0.05, 0.1) is 0 Å². The van der Waals surface area contributed by atoms with Gasteiger partial charge in [-0.05, 0) is 103 Å². The van der Waals surface area contributed by atoms with Crippen molar-refractivity contribution in [1.82, 2.24) is 0 Å². The van der Waals surface area contributed by atoms with Crippen LogP contribution < -0.4 is 0 Å². The third-order valence-electron chi connectivity index (χ3n) is 10.8. The average molecular weight is 439 g/mol. The Balaban J connectivity index is 1.50. The Morgan fingerprint density at radius 2 is 1.66 bits per heavy atom. The van der Waals surface area contributed by atoms with Crippen LogP contribution in [0, 0.1) is 51.8 Å². The fourth-order valence-corrected chi connectivity index (χ4v) is 9.14.